The third kappa shape index (κ3) is 3.23. The van der Waals surface area contributed by atoms with Gasteiger partial charge in [-0.05, 0) is 32.0 Å². The van der Waals surface area contributed by atoms with E-state index in [1.165, 1.54) is 19.2 Å². The standard InChI is InChI=1S/C18H21N5O4/c1-5-23-10(2)16(24)22(3)13-9-19-18(21-15(13)23)20-12-7-6-11(17(25)26)8-14(12)27-4/h6-10H,5H2,1-4H3,(H,25,26)(H,19,20,21)/t10-/m1/s1. The third-order valence-electron chi connectivity index (χ3n) is 4.57. The Morgan fingerprint density at radius 1 is 1.41 bits per heavy atom. The molecule has 3 rings (SSSR count). The molecule has 9 heteroatoms. The molecule has 1 aliphatic rings. The summed E-state index contributed by atoms with van der Waals surface area (Å²) in [6.45, 7) is 4.43. The van der Waals surface area contributed by atoms with Gasteiger partial charge in [-0.25, -0.2) is 9.78 Å². The summed E-state index contributed by atoms with van der Waals surface area (Å²) in [5, 5.41) is 12.2. The molecule has 0 unspecified atom stereocenters. The largest absolute Gasteiger partial charge is 0.495 e. The van der Waals surface area contributed by atoms with Crippen molar-refractivity contribution in [2.24, 2.45) is 0 Å². The Balaban J connectivity index is 1.97. The number of fused-ring (bicyclic) bond motifs is 1. The minimum absolute atomic E-state index is 0.0143. The Morgan fingerprint density at radius 2 is 2.15 bits per heavy atom. The average Bonchev–Trinajstić information content (AvgIpc) is 2.66. The van der Waals surface area contributed by atoms with E-state index in [2.05, 4.69) is 15.3 Å². The van der Waals surface area contributed by atoms with Gasteiger partial charge in [0.05, 0.1) is 24.6 Å². The lowest BCUT2D eigenvalue weighted by Gasteiger charge is -2.38. The molecule has 1 atom stereocenters. The summed E-state index contributed by atoms with van der Waals surface area (Å²) in [5.41, 5.74) is 1.30. The van der Waals surface area contributed by atoms with E-state index in [0.29, 0.717) is 35.4 Å². The lowest BCUT2D eigenvalue weighted by atomic mass is 10.1. The van der Waals surface area contributed by atoms with E-state index in [-0.39, 0.29) is 17.5 Å². The number of methoxy groups -OCH3 is 1. The van der Waals surface area contributed by atoms with Crippen LogP contribution in [-0.2, 0) is 4.79 Å². The topological polar surface area (TPSA) is 108 Å². The van der Waals surface area contributed by atoms with Crippen LogP contribution in [0.1, 0.15) is 24.2 Å². The maximum Gasteiger partial charge on any atom is 0.335 e. The number of hydrogen-bond acceptors (Lipinski definition) is 7. The van der Waals surface area contributed by atoms with Crippen molar-refractivity contribution < 1.29 is 19.4 Å². The van der Waals surface area contributed by atoms with Crippen molar-refractivity contribution in [3.05, 3.63) is 30.0 Å². The molecule has 0 spiro atoms. The fourth-order valence-corrected chi connectivity index (χ4v) is 3.06. The van der Waals surface area contributed by atoms with Crippen molar-refractivity contribution in [2.45, 2.75) is 19.9 Å². The lowest BCUT2D eigenvalue weighted by Crippen LogP contribution is -2.51. The molecular weight excluding hydrogens is 350 g/mol. The van der Waals surface area contributed by atoms with Gasteiger partial charge in [-0.3, -0.25) is 4.79 Å². The molecule has 27 heavy (non-hydrogen) atoms. The van der Waals surface area contributed by atoms with Gasteiger partial charge in [0.25, 0.3) is 0 Å². The Kier molecular flexibility index (Phi) is 4.85. The number of anilines is 4. The number of likely N-dealkylation sites (N-methyl/N-ethyl adjacent to an activating group) is 2. The van der Waals surface area contributed by atoms with Crippen LogP contribution in [0.4, 0.5) is 23.1 Å². The molecule has 2 heterocycles. The highest BCUT2D eigenvalue weighted by Crippen LogP contribution is 2.35. The summed E-state index contributed by atoms with van der Waals surface area (Å²) in [4.78, 5) is 35.8. The van der Waals surface area contributed by atoms with Crippen LogP contribution < -0.4 is 19.9 Å². The summed E-state index contributed by atoms with van der Waals surface area (Å²) in [6, 6.07) is 4.18. The van der Waals surface area contributed by atoms with Gasteiger partial charge < -0.3 is 25.0 Å². The summed E-state index contributed by atoms with van der Waals surface area (Å²) in [7, 11) is 3.16. The molecule has 1 amide bonds. The minimum atomic E-state index is -1.04. The SMILES string of the molecule is CCN1c2nc(Nc3ccc(C(=O)O)cc3OC)ncc2N(C)C(=O)[C@H]1C. The first-order chi connectivity index (χ1) is 12.9. The zero-order valence-corrected chi connectivity index (χ0v) is 15.6. The Hall–Kier alpha value is -3.36. The van der Waals surface area contributed by atoms with E-state index < -0.39 is 5.97 Å². The second-order valence-electron chi connectivity index (χ2n) is 6.11. The number of carboxylic acids is 1. The fourth-order valence-electron chi connectivity index (χ4n) is 3.06. The maximum absolute atomic E-state index is 12.4. The van der Waals surface area contributed by atoms with Gasteiger partial charge in [-0.2, -0.15) is 4.98 Å². The second kappa shape index (κ2) is 7.10. The molecule has 0 fully saturated rings. The van der Waals surface area contributed by atoms with Gasteiger partial charge in [0, 0.05) is 13.6 Å². The summed E-state index contributed by atoms with van der Waals surface area (Å²) in [6.07, 6.45) is 1.59. The fraction of sp³-hybridized carbons (Fsp3) is 0.333. The van der Waals surface area contributed by atoms with Crippen LogP contribution >= 0.6 is 0 Å². The molecule has 1 aliphatic heterocycles. The Morgan fingerprint density at radius 3 is 2.78 bits per heavy atom. The zero-order chi connectivity index (χ0) is 19.7. The molecule has 0 bridgehead atoms. The van der Waals surface area contributed by atoms with Crippen LogP contribution in [0.5, 0.6) is 5.75 Å². The van der Waals surface area contributed by atoms with Crippen LogP contribution in [0.25, 0.3) is 0 Å². The van der Waals surface area contributed by atoms with Crippen molar-refractivity contribution in [1.82, 2.24) is 9.97 Å². The molecular formula is C18H21N5O4. The molecule has 142 valence electrons. The molecule has 0 saturated heterocycles. The molecule has 1 aromatic heterocycles. The number of aromatic carboxylic acids is 1. The highest BCUT2D eigenvalue weighted by molar-refractivity contribution is 6.04. The quantitative estimate of drug-likeness (QED) is 0.823. The summed E-state index contributed by atoms with van der Waals surface area (Å²) < 4.78 is 5.27. The van der Waals surface area contributed by atoms with Crippen LogP contribution in [0.2, 0.25) is 0 Å². The van der Waals surface area contributed by atoms with E-state index >= 15 is 0 Å². The minimum Gasteiger partial charge on any atom is -0.495 e. The number of carbonyl (C=O) groups excluding carboxylic acids is 1. The number of rotatable bonds is 5. The highest BCUT2D eigenvalue weighted by Gasteiger charge is 2.34. The number of aromatic nitrogens is 2. The van der Waals surface area contributed by atoms with E-state index in [4.69, 9.17) is 9.84 Å². The number of nitrogens with one attached hydrogen (secondary N) is 1. The molecule has 9 nitrogen and oxygen atoms in total. The molecule has 2 aromatic rings. The van der Waals surface area contributed by atoms with Crippen molar-refractivity contribution in [2.75, 3.05) is 35.8 Å². The number of ether oxygens (including phenoxy) is 1. The number of carbonyl (C=O) groups is 2. The first-order valence-corrected chi connectivity index (χ1v) is 8.47. The van der Waals surface area contributed by atoms with E-state index in [9.17, 15) is 9.59 Å². The van der Waals surface area contributed by atoms with Crippen LogP contribution in [-0.4, -0.2) is 53.7 Å². The third-order valence-corrected chi connectivity index (χ3v) is 4.57. The summed E-state index contributed by atoms with van der Waals surface area (Å²) in [5.74, 6) is 0.295. The van der Waals surface area contributed by atoms with Gasteiger partial charge in [0.1, 0.15) is 17.5 Å². The number of hydrogen-bond donors (Lipinski definition) is 2. The monoisotopic (exact) mass is 371 g/mol. The average molecular weight is 371 g/mol. The predicted molar refractivity (Wildman–Crippen MR) is 101 cm³/mol. The van der Waals surface area contributed by atoms with Gasteiger partial charge in [0.15, 0.2) is 5.82 Å². The van der Waals surface area contributed by atoms with E-state index in [0.717, 1.165) is 0 Å². The smallest absolute Gasteiger partial charge is 0.335 e. The van der Waals surface area contributed by atoms with Gasteiger partial charge in [-0.1, -0.05) is 0 Å². The number of nitrogens with zero attached hydrogens (tertiary/aromatic N) is 4. The Labute approximate surface area is 156 Å². The van der Waals surface area contributed by atoms with Gasteiger partial charge in [-0.15, -0.1) is 0 Å². The molecule has 0 saturated carbocycles. The molecule has 0 aliphatic carbocycles. The molecule has 2 N–H and O–H groups in total. The van der Waals surface area contributed by atoms with Crippen molar-refractivity contribution in [1.29, 1.82) is 0 Å². The second-order valence-corrected chi connectivity index (χ2v) is 6.11. The predicted octanol–water partition coefficient (Wildman–Crippen LogP) is 2.12. The zero-order valence-electron chi connectivity index (χ0n) is 15.6. The molecule has 0 radical (unpaired) electrons. The van der Waals surface area contributed by atoms with Crippen LogP contribution in [0.3, 0.4) is 0 Å². The maximum atomic E-state index is 12.4. The van der Waals surface area contributed by atoms with E-state index in [1.807, 2.05) is 18.7 Å². The number of amides is 1. The van der Waals surface area contributed by atoms with Crippen molar-refractivity contribution in [3.8, 4) is 5.75 Å². The highest BCUT2D eigenvalue weighted by atomic mass is 16.5. The van der Waals surface area contributed by atoms with Crippen LogP contribution in [0, 0.1) is 0 Å². The first-order valence-electron chi connectivity index (χ1n) is 8.47. The molecule has 1 aromatic carbocycles. The van der Waals surface area contributed by atoms with Crippen molar-refractivity contribution >= 4 is 35.0 Å². The van der Waals surface area contributed by atoms with Gasteiger partial charge >= 0.3 is 5.97 Å². The first kappa shape index (κ1) is 18.4. The van der Waals surface area contributed by atoms with Crippen LogP contribution in [0.15, 0.2) is 24.4 Å². The lowest BCUT2D eigenvalue weighted by molar-refractivity contribution is -0.119. The summed E-state index contributed by atoms with van der Waals surface area (Å²) >= 11 is 0. The van der Waals surface area contributed by atoms with Gasteiger partial charge in [0.2, 0.25) is 11.9 Å². The normalized spacial score (nSPS) is 16.1. The van der Waals surface area contributed by atoms with E-state index in [1.54, 1.807) is 24.2 Å². The Bertz CT molecular complexity index is 901. The number of benzene rings is 1. The number of carboxylic acid groups (broad SMARTS) is 1. The van der Waals surface area contributed by atoms with Crippen molar-refractivity contribution in [3.63, 3.8) is 0 Å².